The standard InChI is InChI=1S/C64H42N2O/c1-2-13-47-41-50(27-26-43(47)12-1)46-30-36-53(37-31-46)65(55-17-10-16-51(42-55)56-21-11-25-63-64(56)59-20-5-8-24-62(59)67-63)52-34-28-44(29-35-52)48-14-9-15-49(40-48)45-32-38-54(39-33-45)66-60-22-6-3-18-57(60)58-19-4-7-23-61(58)66/h1-42H. The van der Waals surface area contributed by atoms with E-state index in [0.29, 0.717) is 0 Å². The number of nitrogens with zero attached hydrogens (tertiary/aromatic N) is 2. The van der Waals surface area contributed by atoms with E-state index in [1.54, 1.807) is 0 Å². The molecule has 67 heavy (non-hydrogen) atoms. The van der Waals surface area contributed by atoms with Crippen molar-refractivity contribution in [3.63, 3.8) is 0 Å². The molecule has 314 valence electrons. The molecule has 0 N–H and O–H groups in total. The number of benzene rings is 11. The van der Waals surface area contributed by atoms with Gasteiger partial charge in [-0.1, -0.05) is 170 Å². The zero-order valence-electron chi connectivity index (χ0n) is 36.6. The molecule has 0 atom stereocenters. The quantitative estimate of drug-likeness (QED) is 0.152. The molecule has 0 aliphatic heterocycles. The summed E-state index contributed by atoms with van der Waals surface area (Å²) < 4.78 is 8.68. The molecule has 3 nitrogen and oxygen atoms in total. The van der Waals surface area contributed by atoms with E-state index >= 15 is 0 Å². The van der Waals surface area contributed by atoms with Crippen molar-refractivity contribution < 1.29 is 4.42 Å². The van der Waals surface area contributed by atoms with Gasteiger partial charge in [-0.2, -0.15) is 0 Å². The monoisotopic (exact) mass is 854 g/mol. The molecule has 11 aromatic carbocycles. The molecule has 0 fully saturated rings. The maximum atomic E-state index is 6.32. The van der Waals surface area contributed by atoms with Crippen LogP contribution < -0.4 is 4.90 Å². The van der Waals surface area contributed by atoms with Crippen LogP contribution >= 0.6 is 0 Å². The summed E-state index contributed by atoms with van der Waals surface area (Å²) in [4.78, 5) is 2.36. The smallest absolute Gasteiger partial charge is 0.136 e. The molecule has 0 bridgehead atoms. The number of furan rings is 1. The van der Waals surface area contributed by atoms with E-state index in [-0.39, 0.29) is 0 Å². The van der Waals surface area contributed by atoms with Crippen molar-refractivity contribution in [1.29, 1.82) is 0 Å². The van der Waals surface area contributed by atoms with Crippen molar-refractivity contribution in [1.82, 2.24) is 4.57 Å². The summed E-state index contributed by atoms with van der Waals surface area (Å²) in [5.74, 6) is 0. The van der Waals surface area contributed by atoms with Gasteiger partial charge >= 0.3 is 0 Å². The third kappa shape index (κ3) is 6.76. The van der Waals surface area contributed by atoms with E-state index in [9.17, 15) is 0 Å². The molecule has 0 unspecified atom stereocenters. The largest absolute Gasteiger partial charge is 0.456 e. The summed E-state index contributed by atoms with van der Waals surface area (Å²) >= 11 is 0. The molecular formula is C64H42N2O. The summed E-state index contributed by atoms with van der Waals surface area (Å²) in [6, 6.07) is 91.9. The van der Waals surface area contributed by atoms with Gasteiger partial charge in [0.1, 0.15) is 11.2 Å². The second-order valence-electron chi connectivity index (χ2n) is 17.3. The molecule has 0 aliphatic carbocycles. The highest BCUT2D eigenvalue weighted by molar-refractivity contribution is 6.13. The van der Waals surface area contributed by atoms with E-state index in [1.165, 1.54) is 60.4 Å². The van der Waals surface area contributed by atoms with Crippen LogP contribution in [0.5, 0.6) is 0 Å². The lowest BCUT2D eigenvalue weighted by Gasteiger charge is -2.26. The summed E-state index contributed by atoms with van der Waals surface area (Å²) in [5, 5.41) is 7.27. The lowest BCUT2D eigenvalue weighted by Crippen LogP contribution is -2.10. The number of rotatable bonds is 8. The van der Waals surface area contributed by atoms with Crippen LogP contribution in [0.2, 0.25) is 0 Å². The van der Waals surface area contributed by atoms with Crippen LogP contribution in [0.1, 0.15) is 0 Å². The van der Waals surface area contributed by atoms with Crippen LogP contribution in [0, 0.1) is 0 Å². The Balaban J connectivity index is 0.856. The predicted molar refractivity (Wildman–Crippen MR) is 282 cm³/mol. The van der Waals surface area contributed by atoms with Gasteiger partial charge in [-0.15, -0.1) is 0 Å². The van der Waals surface area contributed by atoms with Crippen LogP contribution in [0.25, 0.3) is 105 Å². The number of fused-ring (bicyclic) bond motifs is 7. The van der Waals surface area contributed by atoms with Crippen LogP contribution in [0.15, 0.2) is 259 Å². The first-order chi connectivity index (χ1) is 33.2. The van der Waals surface area contributed by atoms with Crippen molar-refractivity contribution in [2.75, 3.05) is 4.90 Å². The first-order valence-corrected chi connectivity index (χ1v) is 22.9. The summed E-state index contributed by atoms with van der Waals surface area (Å²) in [6.07, 6.45) is 0. The van der Waals surface area contributed by atoms with Crippen LogP contribution in [-0.4, -0.2) is 4.57 Å². The first kappa shape index (κ1) is 38.5. The molecule has 0 aliphatic rings. The Kier molecular flexibility index (Phi) is 9.17. The fourth-order valence-electron chi connectivity index (χ4n) is 10.1. The minimum absolute atomic E-state index is 0.890. The van der Waals surface area contributed by atoms with Crippen LogP contribution in [0.4, 0.5) is 17.1 Å². The molecular weight excluding hydrogens is 813 g/mol. The SMILES string of the molecule is c1cc(-c2ccc(N(c3ccc(-c4ccc5ccccc5c4)cc3)c3cccc(-c4cccc5oc6ccccc6c45)c3)cc2)cc(-c2ccc(-n3c4ccccc4c4ccccc43)cc2)c1. The zero-order chi connectivity index (χ0) is 44.3. The van der Waals surface area contributed by atoms with Crippen LogP contribution in [0.3, 0.4) is 0 Å². The van der Waals surface area contributed by atoms with E-state index in [0.717, 1.165) is 61.4 Å². The average Bonchev–Trinajstić information content (AvgIpc) is 3.95. The minimum atomic E-state index is 0.890. The maximum absolute atomic E-state index is 6.32. The van der Waals surface area contributed by atoms with Gasteiger partial charge in [0.2, 0.25) is 0 Å². The van der Waals surface area contributed by atoms with Gasteiger partial charge in [-0.05, 0) is 140 Å². The Hall–Kier alpha value is -8.92. The van der Waals surface area contributed by atoms with Gasteiger partial charge in [0.25, 0.3) is 0 Å². The van der Waals surface area contributed by atoms with Gasteiger partial charge in [0, 0.05) is 44.3 Å². The fraction of sp³-hybridized carbons (Fsp3) is 0. The van der Waals surface area contributed by atoms with Crippen molar-refractivity contribution in [3.8, 4) is 50.2 Å². The molecule has 0 radical (unpaired) electrons. The molecule has 2 heterocycles. The number of para-hydroxylation sites is 3. The van der Waals surface area contributed by atoms with E-state index < -0.39 is 0 Å². The molecule has 0 spiro atoms. The van der Waals surface area contributed by atoms with Crippen molar-refractivity contribution in [2.45, 2.75) is 0 Å². The van der Waals surface area contributed by atoms with Gasteiger partial charge in [0.15, 0.2) is 0 Å². The van der Waals surface area contributed by atoms with Crippen molar-refractivity contribution >= 4 is 71.6 Å². The number of anilines is 3. The van der Waals surface area contributed by atoms with E-state index in [2.05, 4.69) is 252 Å². The average molecular weight is 855 g/mol. The van der Waals surface area contributed by atoms with Crippen LogP contribution in [-0.2, 0) is 0 Å². The molecule has 0 saturated heterocycles. The first-order valence-electron chi connectivity index (χ1n) is 22.9. The lowest BCUT2D eigenvalue weighted by molar-refractivity contribution is 0.669. The Bertz CT molecular complexity index is 3920. The zero-order valence-corrected chi connectivity index (χ0v) is 36.6. The molecule has 0 amide bonds. The molecule has 0 saturated carbocycles. The number of hydrogen-bond acceptors (Lipinski definition) is 2. The Morgan fingerprint density at radius 1 is 0.299 bits per heavy atom. The predicted octanol–water partition coefficient (Wildman–Crippen LogP) is 18.0. The highest BCUT2D eigenvalue weighted by Crippen LogP contribution is 2.42. The normalized spacial score (nSPS) is 11.6. The van der Waals surface area contributed by atoms with Crippen molar-refractivity contribution in [3.05, 3.63) is 255 Å². The van der Waals surface area contributed by atoms with E-state index in [1.807, 2.05) is 12.1 Å². The van der Waals surface area contributed by atoms with Gasteiger partial charge < -0.3 is 13.9 Å². The second kappa shape index (κ2) is 16.0. The highest BCUT2D eigenvalue weighted by Gasteiger charge is 2.18. The molecule has 13 rings (SSSR count). The highest BCUT2D eigenvalue weighted by atomic mass is 16.3. The van der Waals surface area contributed by atoms with Gasteiger partial charge in [-0.3, -0.25) is 0 Å². The number of hydrogen-bond donors (Lipinski definition) is 0. The molecule has 13 aromatic rings. The second-order valence-corrected chi connectivity index (χ2v) is 17.3. The Labute approximate surface area is 388 Å². The third-order valence-electron chi connectivity index (χ3n) is 13.4. The summed E-state index contributed by atoms with van der Waals surface area (Å²) in [5.41, 5.74) is 17.9. The summed E-state index contributed by atoms with van der Waals surface area (Å²) in [7, 11) is 0. The summed E-state index contributed by atoms with van der Waals surface area (Å²) in [6.45, 7) is 0. The topological polar surface area (TPSA) is 21.3 Å². The minimum Gasteiger partial charge on any atom is -0.456 e. The maximum Gasteiger partial charge on any atom is 0.136 e. The molecule has 2 aromatic heterocycles. The van der Waals surface area contributed by atoms with Gasteiger partial charge in [0.05, 0.1) is 11.0 Å². The Morgan fingerprint density at radius 3 is 1.49 bits per heavy atom. The number of aromatic nitrogens is 1. The van der Waals surface area contributed by atoms with Gasteiger partial charge in [-0.25, -0.2) is 0 Å². The van der Waals surface area contributed by atoms with E-state index in [4.69, 9.17) is 4.42 Å². The van der Waals surface area contributed by atoms with Crippen molar-refractivity contribution in [2.24, 2.45) is 0 Å². The molecule has 3 heteroatoms. The lowest BCUT2D eigenvalue weighted by atomic mass is 9.97. The third-order valence-corrected chi connectivity index (χ3v) is 13.4. The fourth-order valence-corrected chi connectivity index (χ4v) is 10.1. The Morgan fingerprint density at radius 2 is 0.806 bits per heavy atom.